The summed E-state index contributed by atoms with van der Waals surface area (Å²) < 4.78 is 7.35. The third kappa shape index (κ3) is 3.48. The van der Waals surface area contributed by atoms with E-state index in [1.54, 1.807) is 12.5 Å². The molecule has 0 bridgehead atoms. The lowest BCUT2D eigenvalue weighted by Crippen LogP contribution is -2.47. The van der Waals surface area contributed by atoms with Crippen molar-refractivity contribution in [2.75, 3.05) is 19.7 Å². The largest absolute Gasteiger partial charge is 0.366 e. The first-order valence-corrected chi connectivity index (χ1v) is 7.00. The molecule has 2 heterocycles. The van der Waals surface area contributed by atoms with Gasteiger partial charge in [0.05, 0.1) is 12.9 Å². The number of nitrogens with one attached hydrogen (secondary N) is 2. The Morgan fingerprint density at radius 2 is 2.29 bits per heavy atom. The summed E-state index contributed by atoms with van der Waals surface area (Å²) >= 11 is 0. The van der Waals surface area contributed by atoms with Crippen molar-refractivity contribution in [3.05, 3.63) is 48.5 Å². The number of aromatic nitrogens is 2. The van der Waals surface area contributed by atoms with Gasteiger partial charge in [-0.15, -0.1) is 0 Å². The van der Waals surface area contributed by atoms with Gasteiger partial charge >= 0.3 is 0 Å². The Labute approximate surface area is 123 Å². The maximum atomic E-state index is 11.9. The standard InChI is InChI=1S/C15H18N4O2/c20-15(14-10-16-6-8-21-14)18-9-12-1-3-13(4-2-12)19-7-5-17-11-19/h1-5,7,11,14,16H,6,8-10H2,(H,18,20)/t14-/m1/s1. The van der Waals surface area contributed by atoms with Gasteiger partial charge in [0.15, 0.2) is 0 Å². The summed E-state index contributed by atoms with van der Waals surface area (Å²) in [4.78, 5) is 16.0. The average molecular weight is 286 g/mol. The zero-order valence-electron chi connectivity index (χ0n) is 11.7. The minimum Gasteiger partial charge on any atom is -0.366 e. The monoisotopic (exact) mass is 286 g/mol. The van der Waals surface area contributed by atoms with E-state index in [1.807, 2.05) is 35.0 Å². The number of hydrogen-bond donors (Lipinski definition) is 2. The first kappa shape index (κ1) is 13.8. The molecule has 1 aliphatic rings. The van der Waals surface area contributed by atoms with Gasteiger partial charge in [-0.2, -0.15) is 0 Å². The summed E-state index contributed by atoms with van der Waals surface area (Å²) in [7, 11) is 0. The van der Waals surface area contributed by atoms with Gasteiger partial charge in [-0.1, -0.05) is 12.1 Å². The van der Waals surface area contributed by atoms with Crippen LogP contribution in [0.2, 0.25) is 0 Å². The lowest BCUT2D eigenvalue weighted by molar-refractivity contribution is -0.134. The molecule has 1 aromatic heterocycles. The fraction of sp³-hybridized carbons (Fsp3) is 0.333. The highest BCUT2D eigenvalue weighted by molar-refractivity contribution is 5.81. The highest BCUT2D eigenvalue weighted by Gasteiger charge is 2.21. The number of ether oxygens (including phenoxy) is 1. The highest BCUT2D eigenvalue weighted by Crippen LogP contribution is 2.09. The Kier molecular flexibility index (Phi) is 4.28. The fourth-order valence-electron chi connectivity index (χ4n) is 2.23. The minimum absolute atomic E-state index is 0.0686. The number of imidazole rings is 1. The van der Waals surface area contributed by atoms with E-state index in [0.29, 0.717) is 19.7 Å². The second-order valence-electron chi connectivity index (χ2n) is 4.92. The maximum Gasteiger partial charge on any atom is 0.250 e. The van der Waals surface area contributed by atoms with Gasteiger partial charge < -0.3 is 19.9 Å². The molecule has 110 valence electrons. The van der Waals surface area contributed by atoms with Crippen molar-refractivity contribution in [1.82, 2.24) is 20.2 Å². The summed E-state index contributed by atoms with van der Waals surface area (Å²) in [6, 6.07) is 7.99. The number of benzene rings is 1. The molecular formula is C15H18N4O2. The van der Waals surface area contributed by atoms with E-state index >= 15 is 0 Å². The first-order valence-electron chi connectivity index (χ1n) is 7.00. The van der Waals surface area contributed by atoms with Crippen molar-refractivity contribution in [2.24, 2.45) is 0 Å². The molecule has 1 saturated heterocycles. The molecule has 0 aliphatic carbocycles. The Morgan fingerprint density at radius 3 is 2.95 bits per heavy atom. The Morgan fingerprint density at radius 1 is 1.43 bits per heavy atom. The lowest BCUT2D eigenvalue weighted by atomic mass is 10.2. The van der Waals surface area contributed by atoms with Crippen LogP contribution in [0.5, 0.6) is 0 Å². The highest BCUT2D eigenvalue weighted by atomic mass is 16.5. The van der Waals surface area contributed by atoms with Crippen LogP contribution in [0.1, 0.15) is 5.56 Å². The first-order chi connectivity index (χ1) is 10.3. The Balaban J connectivity index is 1.54. The number of carbonyl (C=O) groups excluding carboxylic acids is 1. The zero-order chi connectivity index (χ0) is 14.5. The molecule has 21 heavy (non-hydrogen) atoms. The van der Waals surface area contributed by atoms with E-state index in [0.717, 1.165) is 17.8 Å². The molecule has 0 radical (unpaired) electrons. The Bertz CT molecular complexity index is 574. The molecule has 1 aliphatic heterocycles. The normalized spacial score (nSPS) is 18.4. The topological polar surface area (TPSA) is 68.2 Å². The molecule has 3 rings (SSSR count). The number of rotatable bonds is 4. The van der Waals surface area contributed by atoms with Gasteiger partial charge in [0.1, 0.15) is 6.10 Å². The summed E-state index contributed by atoms with van der Waals surface area (Å²) in [5.41, 5.74) is 2.10. The number of hydrogen-bond acceptors (Lipinski definition) is 4. The van der Waals surface area contributed by atoms with E-state index in [2.05, 4.69) is 15.6 Å². The van der Waals surface area contributed by atoms with Crippen LogP contribution in [-0.4, -0.2) is 41.3 Å². The van der Waals surface area contributed by atoms with Crippen LogP contribution in [0.3, 0.4) is 0 Å². The van der Waals surface area contributed by atoms with Gasteiger partial charge in [0.25, 0.3) is 5.91 Å². The predicted molar refractivity (Wildman–Crippen MR) is 78.0 cm³/mol. The van der Waals surface area contributed by atoms with E-state index < -0.39 is 0 Å². The molecule has 1 fully saturated rings. The summed E-state index contributed by atoms with van der Waals surface area (Å²) in [6.07, 6.45) is 5.00. The van der Waals surface area contributed by atoms with Crippen molar-refractivity contribution in [3.8, 4) is 5.69 Å². The van der Waals surface area contributed by atoms with Crippen LogP contribution in [0, 0.1) is 0 Å². The molecule has 0 saturated carbocycles. The second kappa shape index (κ2) is 6.51. The second-order valence-corrected chi connectivity index (χ2v) is 4.92. The summed E-state index contributed by atoms with van der Waals surface area (Å²) in [5, 5.41) is 6.04. The number of nitrogens with zero attached hydrogens (tertiary/aromatic N) is 2. The molecule has 6 nitrogen and oxygen atoms in total. The van der Waals surface area contributed by atoms with Gasteiger partial charge in [-0.05, 0) is 17.7 Å². The third-order valence-corrected chi connectivity index (χ3v) is 3.43. The molecule has 1 amide bonds. The zero-order valence-corrected chi connectivity index (χ0v) is 11.7. The van der Waals surface area contributed by atoms with Gasteiger partial charge in [-0.25, -0.2) is 4.98 Å². The van der Waals surface area contributed by atoms with Crippen molar-refractivity contribution >= 4 is 5.91 Å². The van der Waals surface area contributed by atoms with Crippen molar-refractivity contribution in [1.29, 1.82) is 0 Å². The van der Waals surface area contributed by atoms with Crippen LogP contribution >= 0.6 is 0 Å². The minimum atomic E-state index is -0.385. The average Bonchev–Trinajstić information content (AvgIpc) is 3.08. The van der Waals surface area contributed by atoms with Crippen molar-refractivity contribution in [3.63, 3.8) is 0 Å². The molecular weight excluding hydrogens is 268 g/mol. The molecule has 1 aromatic carbocycles. The summed E-state index contributed by atoms with van der Waals surface area (Å²) in [6.45, 7) is 2.46. The van der Waals surface area contributed by atoms with Crippen LogP contribution in [0.15, 0.2) is 43.0 Å². The molecule has 0 spiro atoms. The summed E-state index contributed by atoms with van der Waals surface area (Å²) in [5.74, 6) is -0.0686. The molecule has 6 heteroatoms. The fourth-order valence-corrected chi connectivity index (χ4v) is 2.23. The van der Waals surface area contributed by atoms with Crippen molar-refractivity contribution in [2.45, 2.75) is 12.6 Å². The van der Waals surface area contributed by atoms with Crippen molar-refractivity contribution < 1.29 is 9.53 Å². The van der Waals surface area contributed by atoms with E-state index in [9.17, 15) is 4.79 Å². The SMILES string of the molecule is O=C(NCc1ccc(-n2ccnc2)cc1)[C@H]1CNCCO1. The van der Waals surface area contributed by atoms with Crippen LogP contribution in [0.4, 0.5) is 0 Å². The third-order valence-electron chi connectivity index (χ3n) is 3.43. The van der Waals surface area contributed by atoms with Gasteiger partial charge in [-0.3, -0.25) is 4.79 Å². The number of carbonyl (C=O) groups is 1. The Hall–Kier alpha value is -2.18. The predicted octanol–water partition coefficient (Wildman–Crippen LogP) is 0.477. The molecule has 2 aromatic rings. The number of amides is 1. The smallest absolute Gasteiger partial charge is 0.250 e. The van der Waals surface area contributed by atoms with Gasteiger partial charge in [0, 0.05) is 37.7 Å². The van der Waals surface area contributed by atoms with E-state index in [-0.39, 0.29) is 12.0 Å². The molecule has 2 N–H and O–H groups in total. The van der Waals surface area contributed by atoms with E-state index in [4.69, 9.17) is 4.74 Å². The number of morpholine rings is 1. The maximum absolute atomic E-state index is 11.9. The van der Waals surface area contributed by atoms with E-state index in [1.165, 1.54) is 0 Å². The van der Waals surface area contributed by atoms with Crippen LogP contribution in [0.25, 0.3) is 5.69 Å². The van der Waals surface area contributed by atoms with Crippen LogP contribution in [-0.2, 0) is 16.1 Å². The molecule has 0 unspecified atom stereocenters. The van der Waals surface area contributed by atoms with Crippen LogP contribution < -0.4 is 10.6 Å². The van der Waals surface area contributed by atoms with Gasteiger partial charge in [0.2, 0.25) is 0 Å². The quantitative estimate of drug-likeness (QED) is 0.857. The molecule has 1 atom stereocenters. The lowest BCUT2D eigenvalue weighted by Gasteiger charge is -2.22.